The van der Waals surface area contributed by atoms with Crippen LogP contribution in [0.25, 0.3) is 0 Å². The molecule has 1 unspecified atom stereocenters. The van der Waals surface area contributed by atoms with Crippen molar-refractivity contribution in [3.8, 4) is 5.75 Å². The lowest BCUT2D eigenvalue weighted by atomic mass is 10.1. The van der Waals surface area contributed by atoms with Crippen molar-refractivity contribution in [3.05, 3.63) is 65.9 Å². The first-order valence-corrected chi connectivity index (χ1v) is 13.8. The molecule has 1 aromatic heterocycles. The average molecular weight is 453 g/mol. The molecular weight excluding hydrogens is 424 g/mol. The maximum atomic E-state index is 13.1. The number of carbonyl (C=O) groups excluding carboxylic acids is 2. The van der Waals surface area contributed by atoms with Gasteiger partial charge < -0.3 is 19.8 Å². The van der Waals surface area contributed by atoms with Crippen molar-refractivity contribution in [3.63, 3.8) is 0 Å². The number of hydrogen-bond acceptors (Lipinski definition) is 6. The number of aromatic nitrogens is 2. The van der Waals surface area contributed by atoms with E-state index in [1.165, 1.54) is 5.19 Å². The molecule has 8 nitrogen and oxygen atoms in total. The van der Waals surface area contributed by atoms with Gasteiger partial charge in [0.1, 0.15) is 18.2 Å². The third-order valence-corrected chi connectivity index (χ3v) is 6.98. The van der Waals surface area contributed by atoms with E-state index < -0.39 is 20.0 Å². The van der Waals surface area contributed by atoms with Crippen LogP contribution in [-0.4, -0.2) is 37.2 Å². The second-order valence-corrected chi connectivity index (χ2v) is 13.6. The van der Waals surface area contributed by atoms with Crippen LogP contribution >= 0.6 is 0 Å². The standard InChI is InChI=1S/C23H28N4O4Si/c1-15-26-27-21(31-15)14-20(28)25-22(16-6-10-18(30-2)11-7-16)23(29)24-17-8-12-19(13-9-17)32(3,4)5/h6-13,22H,14H2,1-5H3,(H,24,29)(H,25,28). The van der Waals surface area contributed by atoms with Crippen molar-refractivity contribution < 1.29 is 18.7 Å². The Morgan fingerprint density at radius 2 is 1.69 bits per heavy atom. The molecule has 0 aliphatic carbocycles. The molecule has 0 bridgehead atoms. The summed E-state index contributed by atoms with van der Waals surface area (Å²) >= 11 is 0. The molecule has 168 valence electrons. The van der Waals surface area contributed by atoms with E-state index in [4.69, 9.17) is 9.15 Å². The number of aryl methyl sites for hydroxylation is 1. The lowest BCUT2D eigenvalue weighted by Crippen LogP contribution is -2.38. The molecule has 2 amide bonds. The number of nitrogens with one attached hydrogen (secondary N) is 2. The first kappa shape index (κ1) is 23.2. The molecule has 2 aromatic carbocycles. The lowest BCUT2D eigenvalue weighted by Gasteiger charge is -2.20. The summed E-state index contributed by atoms with van der Waals surface area (Å²) in [6, 6.07) is 13.9. The molecule has 0 spiro atoms. The van der Waals surface area contributed by atoms with Crippen LogP contribution in [0, 0.1) is 6.92 Å². The van der Waals surface area contributed by atoms with Gasteiger partial charge in [-0.15, -0.1) is 10.2 Å². The Balaban J connectivity index is 1.78. The fraction of sp³-hybridized carbons (Fsp3) is 0.304. The van der Waals surface area contributed by atoms with Gasteiger partial charge in [0.15, 0.2) is 0 Å². The van der Waals surface area contributed by atoms with E-state index in [9.17, 15) is 9.59 Å². The second kappa shape index (κ2) is 9.78. The normalized spacial score (nSPS) is 12.2. The smallest absolute Gasteiger partial charge is 0.251 e. The largest absolute Gasteiger partial charge is 0.497 e. The van der Waals surface area contributed by atoms with Crippen LogP contribution in [0.15, 0.2) is 52.9 Å². The fourth-order valence-corrected chi connectivity index (χ4v) is 4.29. The quantitative estimate of drug-likeness (QED) is 0.509. The van der Waals surface area contributed by atoms with Crippen molar-refractivity contribution in [2.45, 2.75) is 39.0 Å². The highest BCUT2D eigenvalue weighted by Crippen LogP contribution is 2.20. The minimum atomic E-state index is -1.44. The Hall–Kier alpha value is -3.46. The third-order valence-electron chi connectivity index (χ3n) is 4.91. The van der Waals surface area contributed by atoms with Gasteiger partial charge in [0, 0.05) is 12.6 Å². The van der Waals surface area contributed by atoms with Gasteiger partial charge in [-0.1, -0.05) is 49.1 Å². The predicted octanol–water partition coefficient (Wildman–Crippen LogP) is 2.97. The van der Waals surface area contributed by atoms with Crippen LogP contribution < -0.4 is 20.6 Å². The zero-order chi connectivity index (χ0) is 23.3. The Morgan fingerprint density at radius 3 is 2.22 bits per heavy atom. The summed E-state index contributed by atoms with van der Waals surface area (Å²) in [6.45, 7) is 8.44. The molecular formula is C23H28N4O4Si. The third kappa shape index (κ3) is 6.04. The molecule has 2 N–H and O–H groups in total. The zero-order valence-corrected chi connectivity index (χ0v) is 19.9. The monoisotopic (exact) mass is 452 g/mol. The van der Waals surface area contributed by atoms with E-state index in [1.807, 2.05) is 24.3 Å². The summed E-state index contributed by atoms with van der Waals surface area (Å²) in [5, 5.41) is 14.5. The SMILES string of the molecule is COc1ccc(C(NC(=O)Cc2nnc(C)o2)C(=O)Nc2ccc([Si](C)(C)C)cc2)cc1. The molecule has 0 aliphatic heterocycles. The van der Waals surface area contributed by atoms with Crippen molar-refractivity contribution >= 4 is 30.8 Å². The molecule has 1 heterocycles. The molecule has 32 heavy (non-hydrogen) atoms. The van der Waals surface area contributed by atoms with Crippen molar-refractivity contribution in [1.82, 2.24) is 15.5 Å². The van der Waals surface area contributed by atoms with Crippen LogP contribution in [0.4, 0.5) is 5.69 Å². The highest BCUT2D eigenvalue weighted by atomic mass is 28.3. The molecule has 0 fully saturated rings. The Bertz CT molecular complexity index is 1070. The van der Waals surface area contributed by atoms with Crippen LogP contribution in [0.2, 0.25) is 19.6 Å². The number of hydrogen-bond donors (Lipinski definition) is 2. The summed E-state index contributed by atoms with van der Waals surface area (Å²) in [6.07, 6.45) is -0.119. The maximum Gasteiger partial charge on any atom is 0.251 e. The van der Waals surface area contributed by atoms with E-state index in [0.717, 1.165) is 0 Å². The fourth-order valence-electron chi connectivity index (χ4n) is 3.12. The summed E-state index contributed by atoms with van der Waals surface area (Å²) < 4.78 is 10.5. The molecule has 9 heteroatoms. The maximum absolute atomic E-state index is 13.1. The van der Waals surface area contributed by atoms with Gasteiger partial charge in [-0.2, -0.15) is 0 Å². The van der Waals surface area contributed by atoms with Crippen LogP contribution in [-0.2, 0) is 16.0 Å². The van der Waals surface area contributed by atoms with Crippen molar-refractivity contribution in [2.75, 3.05) is 12.4 Å². The molecule has 0 saturated carbocycles. The van der Waals surface area contributed by atoms with Crippen LogP contribution in [0.5, 0.6) is 5.75 Å². The number of benzene rings is 2. The van der Waals surface area contributed by atoms with Crippen molar-refractivity contribution in [2.24, 2.45) is 0 Å². The first-order chi connectivity index (χ1) is 15.2. The van der Waals surface area contributed by atoms with Crippen molar-refractivity contribution in [1.29, 1.82) is 0 Å². The summed E-state index contributed by atoms with van der Waals surface area (Å²) in [5.41, 5.74) is 1.29. The van der Waals surface area contributed by atoms with Gasteiger partial charge in [0.25, 0.3) is 5.91 Å². The Labute approximate surface area is 188 Å². The lowest BCUT2D eigenvalue weighted by molar-refractivity contribution is -0.126. The van der Waals surface area contributed by atoms with E-state index >= 15 is 0 Å². The van der Waals surface area contributed by atoms with Gasteiger partial charge in [-0.25, -0.2) is 0 Å². The van der Waals surface area contributed by atoms with Gasteiger partial charge >= 0.3 is 0 Å². The highest BCUT2D eigenvalue weighted by molar-refractivity contribution is 6.88. The van der Waals surface area contributed by atoms with E-state index in [-0.39, 0.29) is 18.2 Å². The molecule has 0 aliphatic rings. The van der Waals surface area contributed by atoms with Gasteiger partial charge in [0.05, 0.1) is 15.2 Å². The van der Waals surface area contributed by atoms with Gasteiger partial charge in [-0.3, -0.25) is 9.59 Å². The van der Waals surface area contributed by atoms with Gasteiger partial charge in [0.2, 0.25) is 17.7 Å². The Morgan fingerprint density at radius 1 is 1.03 bits per heavy atom. The summed E-state index contributed by atoms with van der Waals surface area (Å²) in [5.74, 6) is 0.460. The van der Waals surface area contributed by atoms with Crippen LogP contribution in [0.3, 0.4) is 0 Å². The predicted molar refractivity (Wildman–Crippen MR) is 125 cm³/mol. The molecule has 0 radical (unpaired) electrons. The molecule has 3 rings (SSSR count). The number of anilines is 1. The van der Waals surface area contributed by atoms with E-state index in [0.29, 0.717) is 22.9 Å². The molecule has 1 atom stereocenters. The van der Waals surface area contributed by atoms with Gasteiger partial charge in [-0.05, 0) is 29.8 Å². The topological polar surface area (TPSA) is 106 Å². The summed E-state index contributed by atoms with van der Waals surface area (Å²) in [4.78, 5) is 25.7. The zero-order valence-electron chi connectivity index (χ0n) is 18.9. The average Bonchev–Trinajstić information content (AvgIpc) is 3.16. The van der Waals surface area contributed by atoms with Crippen LogP contribution in [0.1, 0.15) is 23.4 Å². The number of amides is 2. The highest BCUT2D eigenvalue weighted by Gasteiger charge is 2.24. The number of nitrogens with zero attached hydrogens (tertiary/aromatic N) is 2. The molecule has 3 aromatic rings. The minimum absolute atomic E-state index is 0.119. The second-order valence-electron chi connectivity index (χ2n) is 8.48. The number of rotatable bonds is 8. The first-order valence-electron chi connectivity index (χ1n) is 10.3. The number of carbonyl (C=O) groups is 2. The summed E-state index contributed by atoms with van der Waals surface area (Å²) in [7, 11) is 0.128. The minimum Gasteiger partial charge on any atom is -0.497 e. The van der Waals surface area contributed by atoms with E-state index in [1.54, 1.807) is 38.3 Å². The number of methoxy groups -OCH3 is 1. The Kier molecular flexibility index (Phi) is 7.09. The molecule has 0 saturated heterocycles. The number of ether oxygens (including phenoxy) is 1. The van der Waals surface area contributed by atoms with E-state index in [2.05, 4.69) is 40.5 Å².